The Morgan fingerprint density at radius 3 is 2.41 bits per heavy atom. The van der Waals surface area contributed by atoms with Crippen LogP contribution in [0.1, 0.15) is 25.0 Å². The minimum absolute atomic E-state index is 1.28. The first-order valence-electron chi connectivity index (χ1n) is 6.10. The molecule has 0 spiro atoms. The molecule has 0 atom stereocenters. The molecule has 0 aliphatic rings. The number of fused-ring (bicyclic) bond motifs is 1. The van der Waals surface area contributed by atoms with E-state index in [1.807, 2.05) is 19.9 Å². The van der Waals surface area contributed by atoms with Crippen LogP contribution >= 0.6 is 0 Å². The summed E-state index contributed by atoms with van der Waals surface area (Å²) in [5, 5.41) is 2.59. The van der Waals surface area contributed by atoms with E-state index in [0.717, 1.165) is 0 Å². The minimum Gasteiger partial charge on any atom is -0.0991 e. The third kappa shape index (κ3) is 3.07. The lowest BCUT2D eigenvalue weighted by molar-refractivity contribution is 1.48. The molecule has 0 aliphatic carbocycles. The van der Waals surface area contributed by atoms with Crippen molar-refractivity contribution in [2.24, 2.45) is 0 Å². The van der Waals surface area contributed by atoms with Gasteiger partial charge < -0.3 is 0 Å². The van der Waals surface area contributed by atoms with Crippen LogP contribution in [0.15, 0.2) is 55.1 Å². The first-order valence-corrected chi connectivity index (χ1v) is 6.10. The Hall–Kier alpha value is -1.82. The molecule has 0 saturated heterocycles. The van der Waals surface area contributed by atoms with Gasteiger partial charge in [-0.15, -0.1) is 0 Å². The van der Waals surface area contributed by atoms with Gasteiger partial charge in [0.15, 0.2) is 0 Å². The summed E-state index contributed by atoms with van der Waals surface area (Å²) in [6.45, 7) is 9.83. The maximum atomic E-state index is 3.70. The second kappa shape index (κ2) is 6.70. The molecule has 0 aliphatic heterocycles. The van der Waals surface area contributed by atoms with Crippen molar-refractivity contribution in [2.75, 3.05) is 0 Å². The minimum atomic E-state index is 1.28. The van der Waals surface area contributed by atoms with Gasteiger partial charge in [-0.2, -0.15) is 0 Å². The summed E-state index contributed by atoms with van der Waals surface area (Å²) in [7, 11) is 0. The normalized spacial score (nSPS) is 10.1. The molecule has 0 aromatic heterocycles. The smallest absolute Gasteiger partial charge is 0.0109 e. The first kappa shape index (κ1) is 13.2. The zero-order chi connectivity index (χ0) is 12.7. The quantitative estimate of drug-likeness (QED) is 0.601. The van der Waals surface area contributed by atoms with Crippen molar-refractivity contribution in [1.29, 1.82) is 0 Å². The number of allylic oxidation sites excluding steroid dienone is 2. The molecular weight excluding hydrogens is 204 g/mol. The van der Waals surface area contributed by atoms with Crippen LogP contribution in [0.25, 0.3) is 16.8 Å². The monoisotopic (exact) mass is 224 g/mol. The third-order valence-electron chi connectivity index (χ3n) is 2.59. The molecule has 2 aromatic rings. The van der Waals surface area contributed by atoms with Gasteiger partial charge in [0.2, 0.25) is 0 Å². The van der Waals surface area contributed by atoms with Crippen LogP contribution in [0, 0.1) is 6.92 Å². The van der Waals surface area contributed by atoms with Crippen molar-refractivity contribution in [3.63, 3.8) is 0 Å². The largest absolute Gasteiger partial charge is 0.0991 e. The fourth-order valence-corrected chi connectivity index (χ4v) is 1.79. The highest BCUT2D eigenvalue weighted by Gasteiger charge is 1.99. The molecule has 2 aromatic carbocycles. The Labute approximate surface area is 104 Å². The van der Waals surface area contributed by atoms with Crippen molar-refractivity contribution < 1.29 is 0 Å². The zero-order valence-corrected chi connectivity index (χ0v) is 10.9. The Morgan fingerprint density at radius 2 is 1.71 bits per heavy atom. The molecule has 17 heavy (non-hydrogen) atoms. The molecule has 2 rings (SSSR count). The highest BCUT2D eigenvalue weighted by atomic mass is 14.0. The summed E-state index contributed by atoms with van der Waals surface area (Å²) >= 11 is 0. The number of rotatable bonds is 2. The van der Waals surface area contributed by atoms with Gasteiger partial charge >= 0.3 is 0 Å². The molecule has 0 radical (unpaired) electrons. The summed E-state index contributed by atoms with van der Waals surface area (Å²) in [5.41, 5.74) is 2.58. The molecule has 0 amide bonds. The molecule has 88 valence electrons. The van der Waals surface area contributed by atoms with Crippen LogP contribution in [0.4, 0.5) is 0 Å². The number of aryl methyl sites for hydroxylation is 1. The number of hydrogen-bond acceptors (Lipinski definition) is 0. The molecule has 0 unspecified atom stereocenters. The topological polar surface area (TPSA) is 0 Å². The predicted molar refractivity (Wildman–Crippen MR) is 79.3 cm³/mol. The second-order valence-corrected chi connectivity index (χ2v) is 3.61. The summed E-state index contributed by atoms with van der Waals surface area (Å²) in [5.74, 6) is 0. The lowest BCUT2D eigenvalue weighted by Gasteiger charge is -2.05. The lowest BCUT2D eigenvalue weighted by Crippen LogP contribution is -1.83. The van der Waals surface area contributed by atoms with Crippen molar-refractivity contribution in [3.8, 4) is 0 Å². The predicted octanol–water partition coefficient (Wildman–Crippen LogP) is 5.37. The summed E-state index contributed by atoms with van der Waals surface area (Å²) in [6, 6.07) is 12.8. The van der Waals surface area contributed by atoms with Gasteiger partial charge in [-0.1, -0.05) is 75.1 Å². The SMILES string of the molecule is C=C/C=C\c1c(C)ccc2ccccc12.CC. The van der Waals surface area contributed by atoms with E-state index in [9.17, 15) is 0 Å². The lowest BCUT2D eigenvalue weighted by atomic mass is 9.99. The average molecular weight is 224 g/mol. The molecule has 0 nitrogen and oxygen atoms in total. The Balaban J connectivity index is 0.000000686. The van der Waals surface area contributed by atoms with Crippen LogP contribution in [0.5, 0.6) is 0 Å². The van der Waals surface area contributed by atoms with E-state index in [2.05, 4.69) is 56.0 Å². The average Bonchev–Trinajstić information content (AvgIpc) is 2.40. The maximum Gasteiger partial charge on any atom is -0.0109 e. The third-order valence-corrected chi connectivity index (χ3v) is 2.59. The molecule has 0 N–H and O–H groups in total. The van der Waals surface area contributed by atoms with E-state index in [1.54, 1.807) is 6.08 Å². The van der Waals surface area contributed by atoms with Crippen LogP contribution in [-0.2, 0) is 0 Å². The highest BCUT2D eigenvalue weighted by molar-refractivity contribution is 5.91. The zero-order valence-electron chi connectivity index (χ0n) is 10.9. The molecule has 0 heterocycles. The second-order valence-electron chi connectivity index (χ2n) is 3.61. The van der Waals surface area contributed by atoms with Crippen LogP contribution in [0.2, 0.25) is 0 Å². The van der Waals surface area contributed by atoms with E-state index in [0.29, 0.717) is 0 Å². The van der Waals surface area contributed by atoms with Crippen LogP contribution in [0.3, 0.4) is 0 Å². The summed E-state index contributed by atoms with van der Waals surface area (Å²) < 4.78 is 0. The number of hydrogen-bond donors (Lipinski definition) is 0. The van der Waals surface area contributed by atoms with E-state index < -0.39 is 0 Å². The van der Waals surface area contributed by atoms with Gasteiger partial charge in [-0.25, -0.2) is 0 Å². The van der Waals surface area contributed by atoms with Gasteiger partial charge in [0.1, 0.15) is 0 Å². The van der Waals surface area contributed by atoms with E-state index in [4.69, 9.17) is 0 Å². The van der Waals surface area contributed by atoms with Crippen molar-refractivity contribution >= 4 is 16.8 Å². The Bertz CT molecular complexity index is 519. The Morgan fingerprint density at radius 1 is 1.00 bits per heavy atom. The molecule has 0 fully saturated rings. The summed E-state index contributed by atoms with van der Waals surface area (Å²) in [4.78, 5) is 0. The van der Waals surface area contributed by atoms with Crippen molar-refractivity contribution in [1.82, 2.24) is 0 Å². The van der Waals surface area contributed by atoms with Crippen molar-refractivity contribution in [2.45, 2.75) is 20.8 Å². The maximum absolute atomic E-state index is 3.70. The molecule has 0 saturated carbocycles. The first-order chi connectivity index (χ1) is 8.33. The molecule has 0 bridgehead atoms. The fraction of sp³-hybridized carbons (Fsp3) is 0.176. The number of benzene rings is 2. The van der Waals surface area contributed by atoms with Gasteiger partial charge in [0, 0.05) is 0 Å². The van der Waals surface area contributed by atoms with Gasteiger partial charge in [0.25, 0.3) is 0 Å². The van der Waals surface area contributed by atoms with Gasteiger partial charge in [-0.3, -0.25) is 0 Å². The fourth-order valence-electron chi connectivity index (χ4n) is 1.79. The van der Waals surface area contributed by atoms with Gasteiger partial charge in [-0.05, 0) is 28.8 Å². The van der Waals surface area contributed by atoms with Crippen LogP contribution in [-0.4, -0.2) is 0 Å². The van der Waals surface area contributed by atoms with E-state index in [1.165, 1.54) is 21.9 Å². The standard InChI is InChI=1S/C15H14.C2H6/c1-3-4-8-14-12(2)10-11-13-7-5-6-9-15(13)14;1-2/h3-11H,1H2,2H3;1-2H3/b8-4-;. The van der Waals surface area contributed by atoms with E-state index >= 15 is 0 Å². The Kier molecular flexibility index (Phi) is 5.22. The van der Waals surface area contributed by atoms with Crippen LogP contribution < -0.4 is 0 Å². The highest BCUT2D eigenvalue weighted by Crippen LogP contribution is 2.23. The van der Waals surface area contributed by atoms with Crippen molar-refractivity contribution in [3.05, 3.63) is 66.3 Å². The summed E-state index contributed by atoms with van der Waals surface area (Å²) in [6.07, 6.45) is 5.90. The molecular formula is C17H20. The van der Waals surface area contributed by atoms with E-state index in [-0.39, 0.29) is 0 Å². The van der Waals surface area contributed by atoms with Gasteiger partial charge in [0.05, 0.1) is 0 Å². The molecule has 0 heteroatoms.